The van der Waals surface area contributed by atoms with Crippen molar-refractivity contribution >= 4 is 5.91 Å². The molecular formula is C7H12N2O. The normalized spacial score (nSPS) is 39.0. The van der Waals surface area contributed by atoms with Gasteiger partial charge in [-0.25, -0.2) is 0 Å². The predicted molar refractivity (Wildman–Crippen MR) is 37.5 cm³/mol. The average molecular weight is 140 g/mol. The largest absolute Gasteiger partial charge is 0.354 e. The molecule has 2 aliphatic heterocycles. The molecule has 0 radical (unpaired) electrons. The van der Waals surface area contributed by atoms with Crippen molar-refractivity contribution in [2.45, 2.75) is 18.9 Å². The lowest BCUT2D eigenvalue weighted by Crippen LogP contribution is -2.43. The van der Waals surface area contributed by atoms with Crippen molar-refractivity contribution in [3.8, 4) is 0 Å². The first-order chi connectivity index (χ1) is 4.88. The Bertz CT molecular complexity index is 158. The topological polar surface area (TPSA) is 41.1 Å². The Morgan fingerprint density at radius 2 is 2.40 bits per heavy atom. The quantitative estimate of drug-likeness (QED) is 0.475. The molecule has 2 rings (SSSR count). The summed E-state index contributed by atoms with van der Waals surface area (Å²) in [6.45, 7) is 1.89. The summed E-state index contributed by atoms with van der Waals surface area (Å²) in [4.78, 5) is 11.0. The van der Waals surface area contributed by atoms with Crippen LogP contribution in [0.25, 0.3) is 0 Å². The molecular weight excluding hydrogens is 128 g/mol. The highest BCUT2D eigenvalue weighted by atomic mass is 16.2. The molecule has 0 aromatic heterocycles. The van der Waals surface area contributed by atoms with Crippen molar-refractivity contribution in [1.82, 2.24) is 10.6 Å². The Morgan fingerprint density at radius 3 is 3.20 bits per heavy atom. The lowest BCUT2D eigenvalue weighted by Gasteiger charge is -2.23. The van der Waals surface area contributed by atoms with Gasteiger partial charge in [0.1, 0.15) is 0 Å². The molecule has 0 aromatic carbocycles. The summed E-state index contributed by atoms with van der Waals surface area (Å²) in [6, 6.07) is 0.133. The van der Waals surface area contributed by atoms with Gasteiger partial charge in [-0.2, -0.15) is 0 Å². The number of amides is 1. The van der Waals surface area contributed by atoms with Crippen LogP contribution in [0.1, 0.15) is 12.8 Å². The van der Waals surface area contributed by atoms with E-state index in [0.717, 1.165) is 13.1 Å². The molecule has 10 heavy (non-hydrogen) atoms. The summed E-state index contributed by atoms with van der Waals surface area (Å²) in [7, 11) is 0. The van der Waals surface area contributed by atoms with Crippen molar-refractivity contribution in [1.29, 1.82) is 0 Å². The molecule has 3 nitrogen and oxygen atoms in total. The molecule has 2 fully saturated rings. The van der Waals surface area contributed by atoms with Gasteiger partial charge in [0.05, 0.1) is 6.04 Å². The van der Waals surface area contributed by atoms with Crippen LogP contribution in [0.3, 0.4) is 0 Å². The first kappa shape index (κ1) is 6.16. The summed E-state index contributed by atoms with van der Waals surface area (Å²) in [5.41, 5.74) is 0. The lowest BCUT2D eigenvalue weighted by molar-refractivity contribution is -0.121. The second-order valence-corrected chi connectivity index (χ2v) is 3.08. The molecule has 2 atom stereocenters. The molecule has 2 N–H and O–H groups in total. The molecule has 0 saturated carbocycles. The zero-order valence-corrected chi connectivity index (χ0v) is 5.89. The van der Waals surface area contributed by atoms with Crippen LogP contribution in [0.4, 0.5) is 0 Å². The molecule has 1 amide bonds. The molecule has 2 saturated heterocycles. The van der Waals surface area contributed by atoms with E-state index in [2.05, 4.69) is 10.6 Å². The molecule has 0 unspecified atom stereocenters. The number of piperidine rings is 1. The van der Waals surface area contributed by atoms with Crippen LogP contribution in [-0.2, 0) is 4.79 Å². The standard InChI is InChI=1S/C7H12N2O/c10-7-6-5(4-9-7)2-1-3-8-6/h5-6,8H,1-4H2,(H,9,10)/t5-,6-/m0/s1. The van der Waals surface area contributed by atoms with Gasteiger partial charge in [0.25, 0.3) is 0 Å². The molecule has 0 spiro atoms. The number of carbonyl (C=O) groups is 1. The third-order valence-corrected chi connectivity index (χ3v) is 2.41. The summed E-state index contributed by atoms with van der Waals surface area (Å²) in [5, 5.41) is 6.08. The smallest absolute Gasteiger partial charge is 0.237 e. The first-order valence-electron chi connectivity index (χ1n) is 3.89. The Kier molecular flexibility index (Phi) is 1.38. The Morgan fingerprint density at radius 1 is 1.50 bits per heavy atom. The van der Waals surface area contributed by atoms with E-state index in [4.69, 9.17) is 0 Å². The number of nitrogens with one attached hydrogen (secondary N) is 2. The van der Waals surface area contributed by atoms with E-state index in [1.54, 1.807) is 0 Å². The molecule has 0 bridgehead atoms. The highest BCUT2D eigenvalue weighted by Crippen LogP contribution is 2.19. The number of rotatable bonds is 0. The van der Waals surface area contributed by atoms with Gasteiger partial charge >= 0.3 is 0 Å². The average Bonchev–Trinajstić information content (AvgIpc) is 2.34. The maximum atomic E-state index is 11.0. The van der Waals surface area contributed by atoms with Crippen molar-refractivity contribution in [2.24, 2.45) is 5.92 Å². The van der Waals surface area contributed by atoms with Gasteiger partial charge in [-0.05, 0) is 19.4 Å². The molecule has 0 aromatic rings. The SMILES string of the molecule is O=C1NC[C@@H]2CCCN[C@H]12. The molecule has 3 heteroatoms. The maximum absolute atomic E-state index is 11.0. The number of fused-ring (bicyclic) bond motifs is 1. The van der Waals surface area contributed by atoms with E-state index >= 15 is 0 Å². The van der Waals surface area contributed by atoms with Crippen LogP contribution >= 0.6 is 0 Å². The highest BCUT2D eigenvalue weighted by molar-refractivity contribution is 5.84. The Hall–Kier alpha value is -0.570. The zero-order valence-electron chi connectivity index (χ0n) is 5.89. The van der Waals surface area contributed by atoms with E-state index in [1.807, 2.05) is 0 Å². The van der Waals surface area contributed by atoms with Crippen LogP contribution < -0.4 is 10.6 Å². The Balaban J connectivity index is 2.08. The van der Waals surface area contributed by atoms with Crippen LogP contribution in [0, 0.1) is 5.92 Å². The monoisotopic (exact) mass is 140 g/mol. The Labute approximate surface area is 60.2 Å². The number of hydrogen-bond donors (Lipinski definition) is 2. The zero-order chi connectivity index (χ0) is 6.97. The predicted octanol–water partition coefficient (Wildman–Crippen LogP) is -0.516. The van der Waals surface area contributed by atoms with Crippen LogP contribution in [0.5, 0.6) is 0 Å². The minimum Gasteiger partial charge on any atom is -0.354 e. The fraction of sp³-hybridized carbons (Fsp3) is 0.857. The van der Waals surface area contributed by atoms with Crippen molar-refractivity contribution in [3.05, 3.63) is 0 Å². The van der Waals surface area contributed by atoms with E-state index in [1.165, 1.54) is 12.8 Å². The summed E-state index contributed by atoms with van der Waals surface area (Å²) >= 11 is 0. The first-order valence-corrected chi connectivity index (χ1v) is 3.89. The van der Waals surface area contributed by atoms with Crippen molar-refractivity contribution in [2.75, 3.05) is 13.1 Å². The summed E-state index contributed by atoms with van der Waals surface area (Å²) in [5.74, 6) is 0.769. The fourth-order valence-electron chi connectivity index (χ4n) is 1.82. The minimum atomic E-state index is 0.133. The fourth-order valence-corrected chi connectivity index (χ4v) is 1.82. The molecule has 2 heterocycles. The third-order valence-electron chi connectivity index (χ3n) is 2.41. The van der Waals surface area contributed by atoms with Gasteiger partial charge in [-0.15, -0.1) is 0 Å². The van der Waals surface area contributed by atoms with Crippen molar-refractivity contribution in [3.63, 3.8) is 0 Å². The minimum absolute atomic E-state index is 0.133. The van der Waals surface area contributed by atoms with Gasteiger partial charge in [0.15, 0.2) is 0 Å². The van der Waals surface area contributed by atoms with Crippen LogP contribution in [-0.4, -0.2) is 25.0 Å². The maximum Gasteiger partial charge on any atom is 0.237 e. The van der Waals surface area contributed by atoms with Crippen LogP contribution in [0.2, 0.25) is 0 Å². The molecule has 2 aliphatic rings. The molecule has 0 aliphatic carbocycles. The van der Waals surface area contributed by atoms with Crippen molar-refractivity contribution < 1.29 is 4.79 Å². The van der Waals surface area contributed by atoms with Gasteiger partial charge < -0.3 is 10.6 Å². The molecule has 56 valence electrons. The van der Waals surface area contributed by atoms with Gasteiger partial charge in [-0.1, -0.05) is 0 Å². The van der Waals surface area contributed by atoms with Gasteiger partial charge in [-0.3, -0.25) is 4.79 Å². The second kappa shape index (κ2) is 2.23. The van der Waals surface area contributed by atoms with Gasteiger partial charge in [0.2, 0.25) is 5.91 Å². The van der Waals surface area contributed by atoms with Gasteiger partial charge in [0, 0.05) is 12.5 Å². The summed E-state index contributed by atoms with van der Waals surface area (Å²) in [6.07, 6.45) is 2.42. The van der Waals surface area contributed by atoms with E-state index in [0.29, 0.717) is 5.92 Å². The van der Waals surface area contributed by atoms with E-state index in [9.17, 15) is 4.79 Å². The number of hydrogen-bond acceptors (Lipinski definition) is 2. The summed E-state index contributed by atoms with van der Waals surface area (Å²) < 4.78 is 0. The van der Waals surface area contributed by atoms with Crippen LogP contribution in [0.15, 0.2) is 0 Å². The third kappa shape index (κ3) is 0.814. The highest BCUT2D eigenvalue weighted by Gasteiger charge is 2.35. The van der Waals surface area contributed by atoms with E-state index in [-0.39, 0.29) is 11.9 Å². The second-order valence-electron chi connectivity index (χ2n) is 3.08. The van der Waals surface area contributed by atoms with E-state index < -0.39 is 0 Å². The lowest BCUT2D eigenvalue weighted by atomic mass is 9.94. The number of carbonyl (C=O) groups excluding carboxylic acids is 1.